The van der Waals surface area contributed by atoms with E-state index in [9.17, 15) is 4.79 Å². The number of hydrogen-bond acceptors (Lipinski definition) is 2. The van der Waals surface area contributed by atoms with Gasteiger partial charge in [-0.25, -0.2) is 4.79 Å². The summed E-state index contributed by atoms with van der Waals surface area (Å²) in [6, 6.07) is 0. The summed E-state index contributed by atoms with van der Waals surface area (Å²) in [7, 11) is -1.22. The molecule has 0 aromatic rings. The van der Waals surface area contributed by atoms with Crippen LogP contribution in [0.5, 0.6) is 0 Å². The second kappa shape index (κ2) is 11.0. The smallest absolute Gasteiger partial charge is 0.343 e. The van der Waals surface area contributed by atoms with Crippen LogP contribution in [-0.2, 0) is 9.53 Å². The second-order valence-electron chi connectivity index (χ2n) is 7.03. The summed E-state index contributed by atoms with van der Waals surface area (Å²) in [5.74, 6) is 2.03. The molecule has 0 aliphatic carbocycles. The zero-order chi connectivity index (χ0) is 15.1. The highest BCUT2D eigenvalue weighted by molar-refractivity contribution is 7.76. The minimum atomic E-state index is -1.22. The Balaban J connectivity index is 0. The molecule has 0 aromatic heterocycles. The van der Waals surface area contributed by atoms with E-state index in [1.165, 1.54) is 18.5 Å². The van der Waals surface area contributed by atoms with Crippen molar-refractivity contribution in [3.8, 4) is 0 Å². The van der Waals surface area contributed by atoms with E-state index in [0.29, 0.717) is 30.5 Å². The Hall–Kier alpha value is 0.380. The molecule has 4 heteroatoms. The van der Waals surface area contributed by atoms with Gasteiger partial charge in [-0.1, -0.05) is 41.5 Å². The number of ether oxygens (including phenoxy) is 1. The van der Waals surface area contributed by atoms with Gasteiger partial charge in [-0.3, -0.25) is 0 Å². The Kier molecular flexibility index (Phi) is 12.5. The van der Waals surface area contributed by atoms with Crippen molar-refractivity contribution in [3.05, 3.63) is 0 Å². The van der Waals surface area contributed by atoms with E-state index in [1.54, 1.807) is 0 Å². The molecule has 2 nitrogen and oxygen atoms in total. The Labute approximate surface area is 137 Å². The molecule has 0 amide bonds. The fourth-order valence-electron chi connectivity index (χ4n) is 3.22. The molecule has 0 N–H and O–H groups in total. The van der Waals surface area contributed by atoms with Crippen molar-refractivity contribution in [1.82, 2.24) is 0 Å². The Morgan fingerprint density at radius 1 is 0.900 bits per heavy atom. The lowest BCUT2D eigenvalue weighted by atomic mass is 10.3. The Bertz CT molecular complexity index is 239. The Morgan fingerprint density at radius 3 is 1.50 bits per heavy atom. The predicted molar refractivity (Wildman–Crippen MR) is 87.5 cm³/mol. The molecule has 0 saturated carbocycles. The van der Waals surface area contributed by atoms with E-state index in [0.717, 1.165) is 0 Å². The number of halogens is 1. The fraction of sp³-hybridized carbons (Fsp3) is 0.938. The lowest BCUT2D eigenvalue weighted by Crippen LogP contribution is -3.00. The largest absolute Gasteiger partial charge is 1.00 e. The molecule has 0 rings (SSSR count). The van der Waals surface area contributed by atoms with Crippen LogP contribution in [0.15, 0.2) is 0 Å². The van der Waals surface area contributed by atoms with Crippen LogP contribution in [0.25, 0.3) is 0 Å². The highest BCUT2D eigenvalue weighted by atomic mass is 79.9. The first-order chi connectivity index (χ1) is 8.70. The molecule has 0 fully saturated rings. The molecule has 0 radical (unpaired) electrons. The number of esters is 1. The molecule has 0 bridgehead atoms. The third-order valence-corrected chi connectivity index (χ3v) is 8.47. The second-order valence-corrected chi connectivity index (χ2v) is 11.1. The highest BCUT2D eigenvalue weighted by Crippen LogP contribution is 2.62. The first-order valence-electron chi connectivity index (χ1n) is 7.71. The van der Waals surface area contributed by atoms with Crippen LogP contribution in [-0.4, -0.2) is 37.2 Å². The van der Waals surface area contributed by atoms with Gasteiger partial charge in [0.2, 0.25) is 0 Å². The van der Waals surface area contributed by atoms with Gasteiger partial charge >= 0.3 is 5.97 Å². The summed E-state index contributed by atoms with van der Waals surface area (Å²) in [4.78, 5) is 12.0. The van der Waals surface area contributed by atoms with Crippen molar-refractivity contribution in [2.24, 2.45) is 17.8 Å². The average molecular weight is 369 g/mol. The SMILES string of the molecule is CCOC(=O)C[P+](CC(C)C)(CC(C)C)CC(C)C.[Br-]. The van der Waals surface area contributed by atoms with Crippen LogP contribution in [0.1, 0.15) is 48.5 Å². The molecule has 0 saturated heterocycles. The molecular weight excluding hydrogens is 335 g/mol. The van der Waals surface area contributed by atoms with Gasteiger partial charge < -0.3 is 21.7 Å². The van der Waals surface area contributed by atoms with Crippen molar-refractivity contribution in [1.29, 1.82) is 0 Å². The number of carbonyl (C=O) groups excluding carboxylic acids is 1. The molecule has 0 aliphatic rings. The summed E-state index contributed by atoms with van der Waals surface area (Å²) in [6.45, 7) is 16.1. The number of hydrogen-bond donors (Lipinski definition) is 0. The molecule has 0 atom stereocenters. The first-order valence-corrected chi connectivity index (χ1v) is 10.2. The van der Waals surface area contributed by atoms with Gasteiger partial charge in [0.15, 0.2) is 6.16 Å². The molecule has 122 valence electrons. The zero-order valence-corrected chi connectivity index (χ0v) is 16.9. The van der Waals surface area contributed by atoms with Crippen LogP contribution in [0.3, 0.4) is 0 Å². The first kappa shape index (κ1) is 22.7. The van der Waals surface area contributed by atoms with Crippen LogP contribution in [0.4, 0.5) is 0 Å². The van der Waals surface area contributed by atoms with Crippen LogP contribution < -0.4 is 17.0 Å². The molecular formula is C16H34BrO2P. The Morgan fingerprint density at radius 2 is 1.25 bits per heavy atom. The average Bonchev–Trinajstić information content (AvgIpc) is 2.12. The lowest BCUT2D eigenvalue weighted by Gasteiger charge is -2.31. The van der Waals surface area contributed by atoms with Crippen molar-refractivity contribution in [2.75, 3.05) is 31.3 Å². The van der Waals surface area contributed by atoms with Crippen molar-refractivity contribution in [2.45, 2.75) is 48.5 Å². The minimum Gasteiger partial charge on any atom is -1.00 e. The maximum absolute atomic E-state index is 12.0. The van der Waals surface area contributed by atoms with Gasteiger partial charge in [0.05, 0.1) is 25.1 Å². The summed E-state index contributed by atoms with van der Waals surface area (Å²) < 4.78 is 5.23. The van der Waals surface area contributed by atoms with Gasteiger partial charge in [-0.15, -0.1) is 0 Å². The minimum absolute atomic E-state index is 0. The number of rotatable bonds is 9. The van der Waals surface area contributed by atoms with E-state index >= 15 is 0 Å². The standard InChI is InChI=1S/C16H34O2P.BrH/c1-8-18-16(17)12-19(9-13(2)3,10-14(4)5)11-15(6)7;/h13-15H,8-12H2,1-7H3;1H/q+1;/p-1. The molecule has 0 spiro atoms. The van der Waals surface area contributed by atoms with Crippen molar-refractivity contribution in [3.63, 3.8) is 0 Å². The maximum atomic E-state index is 12.0. The third-order valence-electron chi connectivity index (χ3n) is 3.03. The molecule has 0 aromatic carbocycles. The number of carbonyl (C=O) groups is 1. The molecule has 20 heavy (non-hydrogen) atoms. The molecule has 0 aliphatic heterocycles. The summed E-state index contributed by atoms with van der Waals surface area (Å²) in [5.41, 5.74) is 0. The monoisotopic (exact) mass is 368 g/mol. The van der Waals surface area contributed by atoms with Gasteiger partial charge in [0.1, 0.15) is 0 Å². The topological polar surface area (TPSA) is 26.3 Å². The summed E-state index contributed by atoms with van der Waals surface area (Å²) >= 11 is 0. The van der Waals surface area contributed by atoms with E-state index in [1.807, 2.05) is 6.92 Å². The third kappa shape index (κ3) is 10.2. The lowest BCUT2D eigenvalue weighted by molar-refractivity contribution is -0.140. The van der Waals surface area contributed by atoms with Gasteiger partial charge in [0, 0.05) is 7.26 Å². The summed E-state index contributed by atoms with van der Waals surface area (Å²) in [5, 5.41) is 0. The highest BCUT2D eigenvalue weighted by Gasteiger charge is 2.42. The molecule has 0 heterocycles. The summed E-state index contributed by atoms with van der Waals surface area (Å²) in [6.07, 6.45) is 4.36. The zero-order valence-electron chi connectivity index (χ0n) is 14.4. The van der Waals surface area contributed by atoms with E-state index in [-0.39, 0.29) is 23.0 Å². The van der Waals surface area contributed by atoms with Gasteiger partial charge in [-0.05, 0) is 24.7 Å². The van der Waals surface area contributed by atoms with Gasteiger partial charge in [-0.2, -0.15) is 0 Å². The van der Waals surface area contributed by atoms with E-state index in [2.05, 4.69) is 41.5 Å². The quantitative estimate of drug-likeness (QED) is 0.455. The van der Waals surface area contributed by atoms with Crippen LogP contribution in [0, 0.1) is 17.8 Å². The van der Waals surface area contributed by atoms with Crippen LogP contribution >= 0.6 is 7.26 Å². The van der Waals surface area contributed by atoms with Crippen LogP contribution in [0.2, 0.25) is 0 Å². The fourth-order valence-corrected chi connectivity index (χ4v) is 9.34. The maximum Gasteiger partial charge on any atom is 0.343 e. The van der Waals surface area contributed by atoms with Crippen molar-refractivity contribution < 1.29 is 26.5 Å². The predicted octanol–water partition coefficient (Wildman–Crippen LogP) is 1.54. The van der Waals surface area contributed by atoms with E-state index in [4.69, 9.17) is 4.74 Å². The molecule has 0 unspecified atom stereocenters. The van der Waals surface area contributed by atoms with Crippen molar-refractivity contribution >= 4 is 13.2 Å². The van der Waals surface area contributed by atoms with E-state index < -0.39 is 7.26 Å². The normalized spacial score (nSPS) is 11.9. The van der Waals surface area contributed by atoms with Gasteiger partial charge in [0.25, 0.3) is 0 Å².